The molecular weight excluding hydrogens is 469 g/mol. The number of allylic oxidation sites excluding steroid dienone is 1. The van der Waals surface area contributed by atoms with Gasteiger partial charge in [-0.3, -0.25) is 0 Å². The Balaban J connectivity index is 2.30. The molecule has 0 fully saturated rings. The van der Waals surface area contributed by atoms with Gasteiger partial charge in [-0.25, -0.2) is 4.79 Å². The number of unbranched alkanes of at least 4 members (excludes halogenated alkanes) is 1. The van der Waals surface area contributed by atoms with Crippen LogP contribution in [0.4, 0.5) is 13.2 Å². The Hall–Kier alpha value is -4.00. The van der Waals surface area contributed by atoms with Gasteiger partial charge in [-0.2, -0.15) is 13.2 Å². The number of hydrogen-bond donors (Lipinski definition) is 3. The van der Waals surface area contributed by atoms with Crippen LogP contribution in [0.1, 0.15) is 54.0 Å². The SMILES string of the molecule is CCCCC(=C(c1ccc(O)cc1)c1ccc(O)cc1)c1ccc(/C=C/C(=O)O)c(CC(F)(F)F)c1. The summed E-state index contributed by atoms with van der Waals surface area (Å²) in [6.45, 7) is 2.02. The predicted molar refractivity (Wildman–Crippen MR) is 135 cm³/mol. The topological polar surface area (TPSA) is 77.8 Å². The number of benzene rings is 3. The third-order valence-electron chi connectivity index (χ3n) is 5.68. The van der Waals surface area contributed by atoms with Crippen molar-refractivity contribution in [2.75, 3.05) is 0 Å². The molecule has 3 rings (SSSR count). The summed E-state index contributed by atoms with van der Waals surface area (Å²) in [6, 6.07) is 17.8. The van der Waals surface area contributed by atoms with Crippen molar-refractivity contribution in [3.05, 3.63) is 101 Å². The van der Waals surface area contributed by atoms with E-state index in [4.69, 9.17) is 5.11 Å². The van der Waals surface area contributed by atoms with Gasteiger partial charge < -0.3 is 15.3 Å². The van der Waals surface area contributed by atoms with Crippen molar-refractivity contribution < 1.29 is 33.3 Å². The van der Waals surface area contributed by atoms with Crippen LogP contribution in [0.2, 0.25) is 0 Å². The normalized spacial score (nSPS) is 11.6. The minimum absolute atomic E-state index is 0.0257. The highest BCUT2D eigenvalue weighted by Gasteiger charge is 2.29. The monoisotopic (exact) mass is 496 g/mol. The summed E-state index contributed by atoms with van der Waals surface area (Å²) in [5.74, 6) is -1.08. The first-order valence-corrected chi connectivity index (χ1v) is 11.5. The molecule has 188 valence electrons. The standard InChI is InChI=1S/C29H27F3O4/c1-2-3-4-26(22-6-5-19(11-16-27(35)36)23(17-22)18-29(30,31)32)28(20-7-12-24(33)13-8-20)21-9-14-25(34)15-10-21/h5-17,33-34H,2-4,18H2,1H3,(H,35,36)/b16-11+. The Bertz CT molecular complexity index is 1210. The van der Waals surface area contributed by atoms with Crippen LogP contribution in [0.15, 0.2) is 72.8 Å². The van der Waals surface area contributed by atoms with Crippen molar-refractivity contribution >= 4 is 23.2 Å². The van der Waals surface area contributed by atoms with Gasteiger partial charge in [0.15, 0.2) is 0 Å². The van der Waals surface area contributed by atoms with Crippen molar-refractivity contribution in [1.29, 1.82) is 0 Å². The minimum Gasteiger partial charge on any atom is -0.508 e. The summed E-state index contributed by atoms with van der Waals surface area (Å²) in [5, 5.41) is 28.6. The molecule has 7 heteroatoms. The van der Waals surface area contributed by atoms with E-state index in [-0.39, 0.29) is 22.6 Å². The minimum atomic E-state index is -4.48. The third kappa shape index (κ3) is 7.25. The molecule has 0 spiro atoms. The lowest BCUT2D eigenvalue weighted by molar-refractivity contribution is -0.131. The number of rotatable bonds is 9. The van der Waals surface area contributed by atoms with E-state index in [1.165, 1.54) is 18.2 Å². The number of aliphatic carboxylic acids is 1. The van der Waals surface area contributed by atoms with Gasteiger partial charge in [-0.1, -0.05) is 55.8 Å². The molecule has 0 aliphatic carbocycles. The zero-order valence-corrected chi connectivity index (χ0v) is 19.7. The number of hydrogen-bond acceptors (Lipinski definition) is 3. The third-order valence-corrected chi connectivity index (χ3v) is 5.68. The average Bonchev–Trinajstić information content (AvgIpc) is 2.81. The van der Waals surface area contributed by atoms with Gasteiger partial charge >= 0.3 is 12.1 Å². The van der Waals surface area contributed by atoms with Crippen LogP contribution < -0.4 is 0 Å². The number of alkyl halides is 3. The van der Waals surface area contributed by atoms with Gasteiger partial charge in [0.25, 0.3) is 0 Å². The first-order valence-electron chi connectivity index (χ1n) is 11.5. The summed E-state index contributed by atoms with van der Waals surface area (Å²) >= 11 is 0. The van der Waals surface area contributed by atoms with Crippen molar-refractivity contribution in [1.82, 2.24) is 0 Å². The molecule has 0 aliphatic heterocycles. The maximum absolute atomic E-state index is 13.4. The predicted octanol–water partition coefficient (Wildman–Crippen LogP) is 7.45. The zero-order chi connectivity index (χ0) is 26.3. The summed E-state index contributed by atoms with van der Waals surface area (Å²) in [6.07, 6.45) is -1.47. The van der Waals surface area contributed by atoms with Gasteiger partial charge in [0.05, 0.1) is 6.42 Å². The first-order chi connectivity index (χ1) is 17.1. The number of halogens is 3. The number of phenolic OH excluding ortho intramolecular Hbond substituents is 2. The summed E-state index contributed by atoms with van der Waals surface area (Å²) < 4.78 is 40.3. The number of carbonyl (C=O) groups is 1. The molecule has 0 unspecified atom stereocenters. The van der Waals surface area contributed by atoms with E-state index in [0.29, 0.717) is 12.0 Å². The molecule has 0 bridgehead atoms. The molecule has 0 aliphatic rings. The molecule has 4 nitrogen and oxygen atoms in total. The molecule has 3 N–H and O–H groups in total. The highest BCUT2D eigenvalue weighted by atomic mass is 19.4. The average molecular weight is 497 g/mol. The largest absolute Gasteiger partial charge is 0.508 e. The summed E-state index contributed by atoms with van der Waals surface area (Å²) in [4.78, 5) is 11.0. The van der Waals surface area contributed by atoms with E-state index in [2.05, 4.69) is 0 Å². The first kappa shape index (κ1) is 26.6. The molecule has 0 heterocycles. The van der Waals surface area contributed by atoms with E-state index in [1.54, 1.807) is 54.6 Å². The fraction of sp³-hybridized carbons (Fsp3) is 0.207. The lowest BCUT2D eigenvalue weighted by atomic mass is 9.85. The van der Waals surface area contributed by atoms with Crippen LogP contribution in [-0.4, -0.2) is 27.5 Å². The second-order valence-electron chi connectivity index (χ2n) is 8.43. The van der Waals surface area contributed by atoms with Gasteiger partial charge in [0.1, 0.15) is 11.5 Å². The fourth-order valence-electron chi connectivity index (χ4n) is 4.02. The number of aromatic hydroxyl groups is 2. The Morgan fingerprint density at radius 3 is 1.86 bits per heavy atom. The lowest BCUT2D eigenvalue weighted by Gasteiger charge is -2.19. The molecule has 0 atom stereocenters. The van der Waals surface area contributed by atoms with Gasteiger partial charge in [-0.15, -0.1) is 0 Å². The molecule has 36 heavy (non-hydrogen) atoms. The Morgan fingerprint density at radius 2 is 1.39 bits per heavy atom. The fourth-order valence-corrected chi connectivity index (χ4v) is 4.02. The molecule has 0 saturated heterocycles. The smallest absolute Gasteiger partial charge is 0.393 e. The number of carboxylic acid groups (broad SMARTS) is 1. The van der Waals surface area contributed by atoms with Gasteiger partial charge in [0, 0.05) is 6.08 Å². The van der Waals surface area contributed by atoms with Crippen molar-refractivity contribution in [3.63, 3.8) is 0 Å². The van der Waals surface area contributed by atoms with Crippen LogP contribution in [0, 0.1) is 0 Å². The van der Waals surface area contributed by atoms with Crippen LogP contribution in [0.5, 0.6) is 11.5 Å². The van der Waals surface area contributed by atoms with E-state index in [9.17, 15) is 28.2 Å². The van der Waals surface area contributed by atoms with Crippen molar-refractivity contribution in [3.8, 4) is 11.5 Å². The van der Waals surface area contributed by atoms with Gasteiger partial charge in [0.2, 0.25) is 0 Å². The molecule has 0 amide bonds. The lowest BCUT2D eigenvalue weighted by Crippen LogP contribution is -2.13. The molecule has 3 aromatic carbocycles. The Morgan fingerprint density at radius 1 is 0.861 bits per heavy atom. The van der Waals surface area contributed by atoms with E-state index in [1.807, 2.05) is 6.92 Å². The summed E-state index contributed by atoms with van der Waals surface area (Å²) in [7, 11) is 0. The highest BCUT2D eigenvalue weighted by molar-refractivity contribution is 5.99. The molecule has 0 aromatic heterocycles. The van der Waals surface area contributed by atoms with E-state index < -0.39 is 18.6 Å². The van der Waals surface area contributed by atoms with Crippen molar-refractivity contribution in [2.45, 2.75) is 38.8 Å². The van der Waals surface area contributed by atoms with E-state index >= 15 is 0 Å². The number of carboxylic acids is 1. The maximum Gasteiger partial charge on any atom is 0.393 e. The zero-order valence-electron chi connectivity index (χ0n) is 19.7. The van der Waals surface area contributed by atoms with E-state index in [0.717, 1.165) is 41.2 Å². The Kier molecular flexibility index (Phi) is 8.59. The second-order valence-corrected chi connectivity index (χ2v) is 8.43. The molecule has 0 saturated carbocycles. The van der Waals surface area contributed by atoms with Crippen LogP contribution in [-0.2, 0) is 11.2 Å². The Labute approximate surface area is 207 Å². The van der Waals surface area contributed by atoms with Gasteiger partial charge in [-0.05, 0) is 82.1 Å². The summed E-state index contributed by atoms with van der Waals surface area (Å²) in [5.41, 5.74) is 3.85. The van der Waals surface area contributed by atoms with Crippen LogP contribution >= 0.6 is 0 Å². The molecular formula is C29H27F3O4. The maximum atomic E-state index is 13.4. The van der Waals surface area contributed by atoms with Crippen LogP contribution in [0.3, 0.4) is 0 Å². The quantitative estimate of drug-likeness (QED) is 0.212. The molecule has 3 aromatic rings. The van der Waals surface area contributed by atoms with Crippen molar-refractivity contribution in [2.24, 2.45) is 0 Å². The second kappa shape index (κ2) is 11.6. The molecule has 0 radical (unpaired) electrons. The highest BCUT2D eigenvalue weighted by Crippen LogP contribution is 2.38. The van der Waals surface area contributed by atoms with Crippen LogP contribution in [0.25, 0.3) is 17.2 Å². The number of phenols is 2.